The number of fused-ring (bicyclic) bond motifs is 1. The Morgan fingerprint density at radius 3 is 2.76 bits per heavy atom. The van der Waals surface area contributed by atoms with Gasteiger partial charge < -0.3 is 14.9 Å². The number of benzene rings is 1. The Kier molecular flexibility index (Phi) is 4.36. The molecule has 1 aromatic carbocycles. The van der Waals surface area contributed by atoms with Crippen LogP contribution in [-0.2, 0) is 6.61 Å². The standard InChI is InChI=1S/C17H23N3O/c1-19(10-11-20-8-4-5-9-20)17-12-14(13-21)18-16-7-3-2-6-15(16)17/h2-3,6-7,12,21H,4-5,8-11,13H2,1H3. The van der Waals surface area contributed by atoms with Crippen LogP contribution in [0.5, 0.6) is 0 Å². The van der Waals surface area contributed by atoms with E-state index >= 15 is 0 Å². The lowest BCUT2D eigenvalue weighted by atomic mass is 10.1. The molecule has 21 heavy (non-hydrogen) atoms. The number of hydrogen-bond acceptors (Lipinski definition) is 4. The first-order valence-electron chi connectivity index (χ1n) is 7.71. The van der Waals surface area contributed by atoms with Crippen LogP contribution in [-0.4, -0.2) is 48.2 Å². The molecule has 0 saturated carbocycles. The number of hydrogen-bond donors (Lipinski definition) is 1. The van der Waals surface area contributed by atoms with Crippen molar-refractivity contribution in [2.24, 2.45) is 0 Å². The summed E-state index contributed by atoms with van der Waals surface area (Å²) in [7, 11) is 2.12. The van der Waals surface area contributed by atoms with E-state index in [1.807, 2.05) is 24.3 Å². The van der Waals surface area contributed by atoms with Gasteiger partial charge in [-0.1, -0.05) is 18.2 Å². The Hall–Kier alpha value is -1.65. The summed E-state index contributed by atoms with van der Waals surface area (Å²) in [6, 6.07) is 10.1. The summed E-state index contributed by atoms with van der Waals surface area (Å²) in [5.74, 6) is 0. The van der Waals surface area contributed by atoms with E-state index in [2.05, 4.69) is 27.9 Å². The van der Waals surface area contributed by atoms with Crippen molar-refractivity contribution in [1.29, 1.82) is 0 Å². The number of anilines is 1. The number of pyridine rings is 1. The van der Waals surface area contributed by atoms with Crippen LogP contribution in [0.15, 0.2) is 30.3 Å². The first-order chi connectivity index (χ1) is 10.3. The number of likely N-dealkylation sites (tertiary alicyclic amines) is 1. The summed E-state index contributed by atoms with van der Waals surface area (Å²) in [5, 5.41) is 10.6. The van der Waals surface area contributed by atoms with Gasteiger partial charge in [0, 0.05) is 31.2 Å². The van der Waals surface area contributed by atoms with Crippen LogP contribution in [0.2, 0.25) is 0 Å². The zero-order chi connectivity index (χ0) is 14.7. The predicted molar refractivity (Wildman–Crippen MR) is 86.6 cm³/mol. The highest BCUT2D eigenvalue weighted by atomic mass is 16.3. The van der Waals surface area contributed by atoms with Crippen LogP contribution in [0.25, 0.3) is 10.9 Å². The molecule has 0 radical (unpaired) electrons. The smallest absolute Gasteiger partial charge is 0.0854 e. The van der Waals surface area contributed by atoms with E-state index in [0.29, 0.717) is 0 Å². The molecule has 0 aliphatic carbocycles. The molecule has 0 atom stereocenters. The molecule has 2 aromatic rings. The molecule has 1 saturated heterocycles. The molecule has 4 heteroatoms. The van der Waals surface area contributed by atoms with Crippen molar-refractivity contribution < 1.29 is 5.11 Å². The number of nitrogens with zero attached hydrogens (tertiary/aromatic N) is 3. The lowest BCUT2D eigenvalue weighted by Gasteiger charge is -2.24. The minimum absolute atomic E-state index is 0.0161. The fraction of sp³-hybridized carbons (Fsp3) is 0.471. The van der Waals surface area contributed by atoms with E-state index < -0.39 is 0 Å². The minimum atomic E-state index is -0.0161. The third kappa shape index (κ3) is 3.17. The largest absolute Gasteiger partial charge is 0.390 e. The second-order valence-corrected chi connectivity index (χ2v) is 5.78. The summed E-state index contributed by atoms with van der Waals surface area (Å²) in [5.41, 5.74) is 2.84. The molecule has 1 aliphatic heterocycles. The molecule has 1 aliphatic rings. The van der Waals surface area contributed by atoms with Crippen LogP contribution >= 0.6 is 0 Å². The van der Waals surface area contributed by atoms with E-state index in [9.17, 15) is 5.11 Å². The Labute approximate surface area is 126 Å². The molecule has 1 aromatic heterocycles. The molecule has 0 unspecified atom stereocenters. The van der Waals surface area contributed by atoms with Crippen LogP contribution in [0.4, 0.5) is 5.69 Å². The fourth-order valence-corrected chi connectivity index (χ4v) is 3.03. The maximum Gasteiger partial charge on any atom is 0.0854 e. The van der Waals surface area contributed by atoms with Gasteiger partial charge in [0.25, 0.3) is 0 Å². The van der Waals surface area contributed by atoms with Gasteiger partial charge in [0.1, 0.15) is 0 Å². The van der Waals surface area contributed by atoms with Crippen molar-refractivity contribution in [2.45, 2.75) is 19.4 Å². The SMILES string of the molecule is CN(CCN1CCCC1)c1cc(CO)nc2ccccc12. The lowest BCUT2D eigenvalue weighted by molar-refractivity contribution is 0.277. The number of para-hydroxylation sites is 1. The number of likely N-dealkylation sites (N-methyl/N-ethyl adjacent to an activating group) is 1. The van der Waals surface area contributed by atoms with Crippen molar-refractivity contribution in [3.8, 4) is 0 Å². The van der Waals surface area contributed by atoms with Gasteiger partial charge in [0.2, 0.25) is 0 Å². The maximum atomic E-state index is 9.42. The van der Waals surface area contributed by atoms with E-state index in [4.69, 9.17) is 0 Å². The monoisotopic (exact) mass is 285 g/mol. The molecule has 0 amide bonds. The highest BCUT2D eigenvalue weighted by Gasteiger charge is 2.14. The molecular formula is C17H23N3O. The van der Waals surface area contributed by atoms with Gasteiger partial charge in [-0.05, 0) is 38.1 Å². The van der Waals surface area contributed by atoms with Gasteiger partial charge in [0.15, 0.2) is 0 Å². The first-order valence-corrected chi connectivity index (χ1v) is 7.71. The second kappa shape index (κ2) is 6.41. The molecule has 4 nitrogen and oxygen atoms in total. The van der Waals surface area contributed by atoms with Crippen LogP contribution in [0, 0.1) is 0 Å². The summed E-state index contributed by atoms with van der Waals surface area (Å²) < 4.78 is 0. The van der Waals surface area contributed by atoms with Crippen molar-refractivity contribution in [1.82, 2.24) is 9.88 Å². The van der Waals surface area contributed by atoms with Crippen LogP contribution in [0.3, 0.4) is 0 Å². The van der Waals surface area contributed by atoms with E-state index in [1.54, 1.807) is 0 Å². The van der Waals surface area contributed by atoms with Crippen LogP contribution < -0.4 is 4.90 Å². The topological polar surface area (TPSA) is 39.6 Å². The lowest BCUT2D eigenvalue weighted by Crippen LogP contribution is -2.31. The number of rotatable bonds is 5. The molecule has 1 fully saturated rings. The zero-order valence-corrected chi connectivity index (χ0v) is 12.6. The van der Waals surface area contributed by atoms with Crippen molar-refractivity contribution >= 4 is 16.6 Å². The molecule has 112 valence electrons. The first kappa shape index (κ1) is 14.3. The van der Waals surface area contributed by atoms with Crippen molar-refractivity contribution in [3.63, 3.8) is 0 Å². The number of aliphatic hydroxyl groups excluding tert-OH is 1. The normalized spacial score (nSPS) is 15.7. The van der Waals surface area contributed by atoms with E-state index in [1.165, 1.54) is 25.9 Å². The summed E-state index contributed by atoms with van der Waals surface area (Å²) in [6.07, 6.45) is 2.66. The highest BCUT2D eigenvalue weighted by Crippen LogP contribution is 2.26. The molecule has 3 rings (SSSR count). The van der Waals surface area contributed by atoms with Gasteiger partial charge in [-0.3, -0.25) is 4.98 Å². The third-order valence-corrected chi connectivity index (χ3v) is 4.27. The average molecular weight is 285 g/mol. The van der Waals surface area contributed by atoms with Gasteiger partial charge in [0.05, 0.1) is 17.8 Å². The van der Waals surface area contributed by atoms with Crippen molar-refractivity contribution in [3.05, 3.63) is 36.0 Å². The maximum absolute atomic E-state index is 9.42. The summed E-state index contributed by atoms with van der Waals surface area (Å²) >= 11 is 0. The Morgan fingerprint density at radius 1 is 1.24 bits per heavy atom. The fourth-order valence-electron chi connectivity index (χ4n) is 3.03. The van der Waals surface area contributed by atoms with Gasteiger partial charge >= 0.3 is 0 Å². The molecule has 1 N–H and O–H groups in total. The minimum Gasteiger partial charge on any atom is -0.390 e. The molecule has 2 heterocycles. The highest BCUT2D eigenvalue weighted by molar-refractivity contribution is 5.91. The van der Waals surface area contributed by atoms with E-state index in [-0.39, 0.29) is 6.61 Å². The Morgan fingerprint density at radius 2 is 2.00 bits per heavy atom. The summed E-state index contributed by atoms with van der Waals surface area (Å²) in [4.78, 5) is 9.29. The van der Waals surface area contributed by atoms with Gasteiger partial charge in [-0.2, -0.15) is 0 Å². The van der Waals surface area contributed by atoms with Gasteiger partial charge in [-0.25, -0.2) is 0 Å². The van der Waals surface area contributed by atoms with Gasteiger partial charge in [-0.15, -0.1) is 0 Å². The van der Waals surface area contributed by atoms with Crippen LogP contribution in [0.1, 0.15) is 18.5 Å². The van der Waals surface area contributed by atoms with Crippen molar-refractivity contribution in [2.75, 3.05) is 38.1 Å². The third-order valence-electron chi connectivity index (χ3n) is 4.27. The second-order valence-electron chi connectivity index (χ2n) is 5.78. The number of aliphatic hydroxyl groups is 1. The average Bonchev–Trinajstić information content (AvgIpc) is 3.05. The number of aromatic nitrogens is 1. The summed E-state index contributed by atoms with van der Waals surface area (Å²) in [6.45, 7) is 4.54. The van der Waals surface area contributed by atoms with E-state index in [0.717, 1.165) is 35.4 Å². The quantitative estimate of drug-likeness (QED) is 0.914. The zero-order valence-electron chi connectivity index (χ0n) is 12.6. The predicted octanol–water partition coefficient (Wildman–Crippen LogP) is 2.26. The molecule has 0 bridgehead atoms. The Bertz CT molecular complexity index is 608. The molecule has 0 spiro atoms. The Balaban J connectivity index is 1.83. The molecular weight excluding hydrogens is 262 g/mol.